The molecule has 5 heteroatoms. The van der Waals surface area contributed by atoms with Crippen molar-refractivity contribution < 1.29 is 9.90 Å². The molecular formula is C15H15ClN2O2. The Morgan fingerprint density at radius 1 is 1.35 bits per heavy atom. The monoisotopic (exact) mass is 290 g/mol. The van der Waals surface area contributed by atoms with Crippen LogP contribution in [0.2, 0.25) is 5.02 Å². The van der Waals surface area contributed by atoms with Gasteiger partial charge in [0.2, 0.25) is 0 Å². The zero-order valence-corrected chi connectivity index (χ0v) is 12.3. The third-order valence-corrected chi connectivity index (χ3v) is 3.62. The van der Waals surface area contributed by atoms with Gasteiger partial charge in [-0.3, -0.25) is 0 Å². The van der Waals surface area contributed by atoms with E-state index < -0.39 is 5.97 Å². The first-order chi connectivity index (χ1) is 9.40. The number of hydrogen-bond acceptors (Lipinski definition) is 2. The number of aryl methyl sites for hydroxylation is 2. The van der Waals surface area contributed by atoms with Crippen molar-refractivity contribution >= 4 is 23.6 Å². The van der Waals surface area contributed by atoms with Gasteiger partial charge in [-0.05, 0) is 50.1 Å². The first kappa shape index (κ1) is 14.3. The van der Waals surface area contributed by atoms with Crippen molar-refractivity contribution in [1.82, 2.24) is 9.78 Å². The van der Waals surface area contributed by atoms with Gasteiger partial charge in [-0.15, -0.1) is 0 Å². The second-order valence-electron chi connectivity index (χ2n) is 4.61. The highest BCUT2D eigenvalue weighted by molar-refractivity contribution is 6.31. The first-order valence-electron chi connectivity index (χ1n) is 6.14. The standard InChI is InChI=1S/C15H15ClN2O2/c1-9-8-12(5-7-14(19)20)4-6-13(9)18-11(3)15(16)10(2)17-18/h4-8H,1-3H3,(H,19,20). The van der Waals surface area contributed by atoms with Crippen LogP contribution in [0.1, 0.15) is 22.5 Å². The summed E-state index contributed by atoms with van der Waals surface area (Å²) < 4.78 is 1.80. The molecule has 2 rings (SSSR count). The molecule has 1 N–H and O–H groups in total. The van der Waals surface area contributed by atoms with E-state index in [2.05, 4.69) is 5.10 Å². The van der Waals surface area contributed by atoms with E-state index in [1.807, 2.05) is 39.0 Å². The molecule has 104 valence electrons. The second kappa shape index (κ2) is 5.51. The average molecular weight is 291 g/mol. The molecule has 20 heavy (non-hydrogen) atoms. The van der Waals surface area contributed by atoms with Crippen LogP contribution in [-0.2, 0) is 4.79 Å². The van der Waals surface area contributed by atoms with Crippen LogP contribution < -0.4 is 0 Å². The van der Waals surface area contributed by atoms with Gasteiger partial charge in [-0.1, -0.05) is 17.7 Å². The van der Waals surface area contributed by atoms with E-state index in [0.29, 0.717) is 5.02 Å². The molecule has 0 spiro atoms. The summed E-state index contributed by atoms with van der Waals surface area (Å²) in [5, 5.41) is 13.7. The molecule has 0 radical (unpaired) electrons. The van der Waals surface area contributed by atoms with Crippen LogP contribution in [0.4, 0.5) is 0 Å². The zero-order valence-electron chi connectivity index (χ0n) is 11.5. The van der Waals surface area contributed by atoms with Gasteiger partial charge in [0.25, 0.3) is 0 Å². The number of carbonyl (C=O) groups is 1. The normalized spacial score (nSPS) is 11.2. The van der Waals surface area contributed by atoms with E-state index in [1.54, 1.807) is 10.8 Å². The van der Waals surface area contributed by atoms with E-state index in [1.165, 1.54) is 0 Å². The molecular weight excluding hydrogens is 276 g/mol. The molecule has 0 fully saturated rings. The second-order valence-corrected chi connectivity index (χ2v) is 4.99. The summed E-state index contributed by atoms with van der Waals surface area (Å²) in [5.74, 6) is -0.961. The Labute approximate surface area is 122 Å². The van der Waals surface area contributed by atoms with Crippen LogP contribution in [0.25, 0.3) is 11.8 Å². The van der Waals surface area contributed by atoms with Crippen molar-refractivity contribution in [1.29, 1.82) is 0 Å². The fraction of sp³-hybridized carbons (Fsp3) is 0.200. The molecule has 1 heterocycles. The number of hydrogen-bond donors (Lipinski definition) is 1. The summed E-state index contributed by atoms with van der Waals surface area (Å²) in [6.07, 6.45) is 2.68. The summed E-state index contributed by atoms with van der Waals surface area (Å²) in [4.78, 5) is 10.5. The van der Waals surface area contributed by atoms with Crippen LogP contribution in [0, 0.1) is 20.8 Å². The lowest BCUT2D eigenvalue weighted by Crippen LogP contribution is -2.01. The van der Waals surface area contributed by atoms with Gasteiger partial charge in [0.05, 0.1) is 22.1 Å². The lowest BCUT2D eigenvalue weighted by molar-refractivity contribution is -0.131. The minimum atomic E-state index is -0.961. The lowest BCUT2D eigenvalue weighted by Gasteiger charge is -2.09. The first-order valence-corrected chi connectivity index (χ1v) is 6.51. The van der Waals surface area contributed by atoms with E-state index in [4.69, 9.17) is 16.7 Å². The SMILES string of the molecule is Cc1cc(C=CC(=O)O)ccc1-n1nc(C)c(Cl)c1C. The Hall–Kier alpha value is -2.07. The van der Waals surface area contributed by atoms with Gasteiger partial charge in [0, 0.05) is 6.08 Å². The van der Waals surface area contributed by atoms with Crippen LogP contribution in [0.5, 0.6) is 0 Å². The highest BCUT2D eigenvalue weighted by Crippen LogP contribution is 2.24. The Kier molecular flexibility index (Phi) is 3.95. The molecule has 0 aliphatic carbocycles. The Morgan fingerprint density at radius 2 is 2.05 bits per heavy atom. The lowest BCUT2D eigenvalue weighted by atomic mass is 10.1. The highest BCUT2D eigenvalue weighted by Gasteiger charge is 2.12. The van der Waals surface area contributed by atoms with Crippen molar-refractivity contribution in [2.45, 2.75) is 20.8 Å². The van der Waals surface area contributed by atoms with E-state index in [9.17, 15) is 4.79 Å². The fourth-order valence-corrected chi connectivity index (χ4v) is 2.16. The van der Waals surface area contributed by atoms with Crippen molar-refractivity contribution in [2.75, 3.05) is 0 Å². The number of aliphatic carboxylic acids is 1. The average Bonchev–Trinajstić information content (AvgIpc) is 2.64. The minimum Gasteiger partial charge on any atom is -0.478 e. The molecule has 0 aliphatic heterocycles. The topological polar surface area (TPSA) is 55.1 Å². The molecule has 0 unspecified atom stereocenters. The van der Waals surface area contributed by atoms with Crippen LogP contribution >= 0.6 is 11.6 Å². The van der Waals surface area contributed by atoms with Gasteiger partial charge >= 0.3 is 5.97 Å². The summed E-state index contributed by atoms with van der Waals surface area (Å²) in [6, 6.07) is 5.68. The molecule has 1 aromatic carbocycles. The maximum Gasteiger partial charge on any atom is 0.328 e. The maximum atomic E-state index is 10.5. The van der Waals surface area contributed by atoms with Crippen molar-refractivity contribution in [2.24, 2.45) is 0 Å². The Balaban J connectivity index is 2.44. The van der Waals surface area contributed by atoms with Gasteiger partial charge in [0.1, 0.15) is 0 Å². The third-order valence-electron chi connectivity index (χ3n) is 3.07. The smallest absolute Gasteiger partial charge is 0.328 e. The van der Waals surface area contributed by atoms with E-state index in [-0.39, 0.29) is 0 Å². The Bertz CT molecular complexity index is 702. The number of nitrogens with zero attached hydrogens (tertiary/aromatic N) is 2. The zero-order chi connectivity index (χ0) is 14.9. The molecule has 4 nitrogen and oxygen atoms in total. The van der Waals surface area contributed by atoms with Crippen molar-refractivity contribution in [3.8, 4) is 5.69 Å². The molecule has 0 amide bonds. The molecule has 2 aromatic rings. The van der Waals surface area contributed by atoms with Gasteiger partial charge in [-0.25, -0.2) is 9.48 Å². The quantitative estimate of drug-likeness (QED) is 0.880. The summed E-state index contributed by atoms with van der Waals surface area (Å²) in [7, 11) is 0. The number of halogens is 1. The summed E-state index contributed by atoms with van der Waals surface area (Å²) >= 11 is 6.16. The predicted octanol–water partition coefficient (Wildman–Crippen LogP) is 3.55. The van der Waals surface area contributed by atoms with Crippen LogP contribution in [0.3, 0.4) is 0 Å². The van der Waals surface area contributed by atoms with Gasteiger partial charge in [0.15, 0.2) is 0 Å². The van der Waals surface area contributed by atoms with Crippen LogP contribution in [0.15, 0.2) is 24.3 Å². The third kappa shape index (κ3) is 2.75. The van der Waals surface area contributed by atoms with Gasteiger partial charge in [-0.2, -0.15) is 5.10 Å². The molecule has 1 aromatic heterocycles. The van der Waals surface area contributed by atoms with Gasteiger partial charge < -0.3 is 5.11 Å². The van der Waals surface area contributed by atoms with E-state index in [0.717, 1.165) is 34.3 Å². The molecule has 0 bridgehead atoms. The number of benzene rings is 1. The van der Waals surface area contributed by atoms with Crippen molar-refractivity contribution in [3.63, 3.8) is 0 Å². The predicted molar refractivity (Wildman–Crippen MR) is 79.5 cm³/mol. The highest BCUT2D eigenvalue weighted by atomic mass is 35.5. The molecule has 0 aliphatic rings. The number of rotatable bonds is 3. The van der Waals surface area contributed by atoms with Crippen molar-refractivity contribution in [3.05, 3.63) is 51.8 Å². The minimum absolute atomic E-state index is 0.666. The van der Waals surface area contributed by atoms with Crippen LogP contribution in [-0.4, -0.2) is 20.9 Å². The maximum absolute atomic E-state index is 10.5. The van der Waals surface area contributed by atoms with E-state index >= 15 is 0 Å². The summed E-state index contributed by atoms with van der Waals surface area (Å²) in [6.45, 7) is 5.74. The number of carboxylic acid groups (broad SMARTS) is 1. The summed E-state index contributed by atoms with van der Waals surface area (Å²) in [5.41, 5.74) is 4.45. The number of aromatic nitrogens is 2. The molecule has 0 saturated heterocycles. The number of carboxylic acids is 1. The Morgan fingerprint density at radius 3 is 2.55 bits per heavy atom. The fourth-order valence-electron chi connectivity index (χ4n) is 2.05. The largest absolute Gasteiger partial charge is 0.478 e. The molecule has 0 saturated carbocycles. The molecule has 0 atom stereocenters.